The molecule has 20 heavy (non-hydrogen) atoms. The van der Waals surface area contributed by atoms with Crippen LogP contribution in [0.1, 0.15) is 49.9 Å². The Morgan fingerprint density at radius 3 is 2.70 bits per heavy atom. The van der Waals surface area contributed by atoms with Gasteiger partial charge in [-0.3, -0.25) is 0 Å². The van der Waals surface area contributed by atoms with Gasteiger partial charge in [0.25, 0.3) is 0 Å². The lowest BCUT2D eigenvalue weighted by atomic mass is 10.0. The van der Waals surface area contributed by atoms with Crippen LogP contribution in [0.2, 0.25) is 0 Å². The highest BCUT2D eigenvalue weighted by atomic mass is 16.5. The largest absolute Gasteiger partial charge is 0.495 e. The zero-order chi connectivity index (χ0) is 15.0. The van der Waals surface area contributed by atoms with Gasteiger partial charge in [-0.05, 0) is 30.5 Å². The molecule has 0 heterocycles. The van der Waals surface area contributed by atoms with E-state index in [0.29, 0.717) is 29.5 Å². The Labute approximate surface area is 121 Å². The fraction of sp³-hybridized carbons (Fsp3) is 0.562. The first-order chi connectivity index (χ1) is 9.62. The zero-order valence-corrected chi connectivity index (χ0v) is 12.6. The van der Waals surface area contributed by atoms with Gasteiger partial charge in [0.05, 0.1) is 25.0 Å². The van der Waals surface area contributed by atoms with Gasteiger partial charge in [-0.25, -0.2) is 4.79 Å². The molecule has 0 radical (unpaired) electrons. The van der Waals surface area contributed by atoms with E-state index in [2.05, 4.69) is 13.8 Å². The average molecular weight is 279 g/mol. The van der Waals surface area contributed by atoms with E-state index >= 15 is 0 Å². The van der Waals surface area contributed by atoms with Crippen LogP contribution in [0, 0.1) is 5.92 Å². The summed E-state index contributed by atoms with van der Waals surface area (Å²) in [5.41, 5.74) is 6.71. The fourth-order valence-electron chi connectivity index (χ4n) is 2.01. The number of hydrogen-bond acceptors (Lipinski definition) is 4. The molecule has 0 aromatic heterocycles. The summed E-state index contributed by atoms with van der Waals surface area (Å²) in [5.74, 6) is 0.616. The Bertz CT molecular complexity index is 432. The Balaban J connectivity index is 2.57. The molecular weight excluding hydrogens is 254 g/mol. The number of esters is 1. The standard InChI is InChI=1S/C16H25NO3/c1-4-6-7-12(5-2)11-20-16(18)13-8-9-14(17)15(10-13)19-3/h8-10,12H,4-7,11,17H2,1-3H3. The quantitative estimate of drug-likeness (QED) is 0.583. The molecule has 0 saturated heterocycles. The highest BCUT2D eigenvalue weighted by Gasteiger charge is 2.13. The van der Waals surface area contributed by atoms with Crippen LogP contribution in [-0.2, 0) is 4.74 Å². The van der Waals surface area contributed by atoms with E-state index in [4.69, 9.17) is 15.2 Å². The van der Waals surface area contributed by atoms with E-state index in [0.717, 1.165) is 12.8 Å². The smallest absolute Gasteiger partial charge is 0.338 e. The highest BCUT2D eigenvalue weighted by molar-refractivity contribution is 5.90. The molecule has 112 valence electrons. The predicted octanol–water partition coefficient (Wildman–Crippen LogP) is 3.65. The molecule has 0 spiro atoms. The molecule has 0 fully saturated rings. The summed E-state index contributed by atoms with van der Waals surface area (Å²) >= 11 is 0. The number of hydrogen-bond donors (Lipinski definition) is 1. The molecule has 0 amide bonds. The topological polar surface area (TPSA) is 61.5 Å². The van der Waals surface area contributed by atoms with Crippen molar-refractivity contribution in [3.63, 3.8) is 0 Å². The Hall–Kier alpha value is -1.71. The minimum absolute atomic E-state index is 0.321. The van der Waals surface area contributed by atoms with E-state index in [-0.39, 0.29) is 5.97 Å². The van der Waals surface area contributed by atoms with E-state index in [9.17, 15) is 4.79 Å². The summed E-state index contributed by atoms with van der Waals surface area (Å²) in [6.07, 6.45) is 4.47. The van der Waals surface area contributed by atoms with Gasteiger partial charge < -0.3 is 15.2 Å². The zero-order valence-electron chi connectivity index (χ0n) is 12.6. The van der Waals surface area contributed by atoms with Crippen molar-refractivity contribution in [1.29, 1.82) is 0 Å². The van der Waals surface area contributed by atoms with Gasteiger partial charge in [-0.15, -0.1) is 0 Å². The molecule has 0 aliphatic rings. The number of unbranched alkanes of at least 4 members (excludes halogenated alkanes) is 1. The first kappa shape index (κ1) is 16.3. The molecule has 1 atom stereocenters. The molecular formula is C16H25NO3. The van der Waals surface area contributed by atoms with Crippen molar-refractivity contribution in [2.75, 3.05) is 19.5 Å². The third-order valence-electron chi connectivity index (χ3n) is 3.46. The number of nitrogen functional groups attached to an aromatic ring is 1. The molecule has 1 aromatic carbocycles. The summed E-state index contributed by atoms with van der Waals surface area (Å²) < 4.78 is 10.5. The molecule has 4 nitrogen and oxygen atoms in total. The summed E-state index contributed by atoms with van der Waals surface area (Å²) in [4.78, 5) is 12.0. The number of anilines is 1. The van der Waals surface area contributed by atoms with Gasteiger partial charge in [-0.2, -0.15) is 0 Å². The average Bonchev–Trinajstić information content (AvgIpc) is 2.47. The molecule has 0 aliphatic carbocycles. The molecule has 0 saturated carbocycles. The maximum absolute atomic E-state index is 12.0. The van der Waals surface area contributed by atoms with Gasteiger partial charge in [0.15, 0.2) is 0 Å². The lowest BCUT2D eigenvalue weighted by Gasteiger charge is -2.15. The third-order valence-corrected chi connectivity index (χ3v) is 3.46. The van der Waals surface area contributed by atoms with Gasteiger partial charge in [0, 0.05) is 0 Å². The Kier molecular flexibility index (Phi) is 6.91. The maximum Gasteiger partial charge on any atom is 0.338 e. The van der Waals surface area contributed by atoms with Crippen LogP contribution < -0.4 is 10.5 Å². The number of ether oxygens (including phenoxy) is 2. The number of methoxy groups -OCH3 is 1. The van der Waals surface area contributed by atoms with Crippen LogP contribution in [0.25, 0.3) is 0 Å². The van der Waals surface area contributed by atoms with Crippen LogP contribution in [0.4, 0.5) is 5.69 Å². The lowest BCUT2D eigenvalue weighted by molar-refractivity contribution is 0.0428. The van der Waals surface area contributed by atoms with Crippen molar-refractivity contribution in [1.82, 2.24) is 0 Å². The number of carbonyl (C=O) groups is 1. The normalized spacial score (nSPS) is 11.9. The van der Waals surface area contributed by atoms with E-state index < -0.39 is 0 Å². The molecule has 0 bridgehead atoms. The Morgan fingerprint density at radius 2 is 2.10 bits per heavy atom. The van der Waals surface area contributed by atoms with Crippen molar-refractivity contribution in [2.45, 2.75) is 39.5 Å². The first-order valence-corrected chi connectivity index (χ1v) is 7.22. The van der Waals surface area contributed by atoms with Crippen LogP contribution in [-0.4, -0.2) is 19.7 Å². The maximum atomic E-state index is 12.0. The number of benzene rings is 1. The summed E-state index contributed by atoms with van der Waals surface area (Å²) in [5, 5.41) is 0. The minimum atomic E-state index is -0.321. The summed E-state index contributed by atoms with van der Waals surface area (Å²) in [6.45, 7) is 4.77. The second-order valence-corrected chi connectivity index (χ2v) is 4.97. The minimum Gasteiger partial charge on any atom is -0.495 e. The van der Waals surface area contributed by atoms with E-state index in [1.807, 2.05) is 0 Å². The van der Waals surface area contributed by atoms with Crippen LogP contribution >= 0.6 is 0 Å². The fourth-order valence-corrected chi connectivity index (χ4v) is 2.01. The second-order valence-electron chi connectivity index (χ2n) is 4.97. The third kappa shape index (κ3) is 4.76. The van der Waals surface area contributed by atoms with Gasteiger partial charge >= 0.3 is 5.97 Å². The van der Waals surface area contributed by atoms with Crippen molar-refractivity contribution < 1.29 is 14.3 Å². The van der Waals surface area contributed by atoms with Crippen LogP contribution in [0.3, 0.4) is 0 Å². The molecule has 2 N–H and O–H groups in total. The number of carbonyl (C=O) groups excluding carboxylic acids is 1. The van der Waals surface area contributed by atoms with Crippen LogP contribution in [0.15, 0.2) is 18.2 Å². The monoisotopic (exact) mass is 279 g/mol. The molecule has 1 unspecified atom stereocenters. The van der Waals surface area contributed by atoms with Crippen LogP contribution in [0.5, 0.6) is 5.75 Å². The van der Waals surface area contributed by atoms with Crippen molar-refractivity contribution in [3.8, 4) is 5.75 Å². The highest BCUT2D eigenvalue weighted by Crippen LogP contribution is 2.23. The SMILES string of the molecule is CCCCC(CC)COC(=O)c1ccc(N)c(OC)c1. The first-order valence-electron chi connectivity index (χ1n) is 7.22. The van der Waals surface area contributed by atoms with Gasteiger partial charge in [-0.1, -0.05) is 33.1 Å². The number of nitrogens with two attached hydrogens (primary N) is 1. The van der Waals surface area contributed by atoms with Gasteiger partial charge in [0.2, 0.25) is 0 Å². The van der Waals surface area contributed by atoms with E-state index in [1.165, 1.54) is 20.0 Å². The summed E-state index contributed by atoms with van der Waals surface area (Å²) in [6, 6.07) is 4.93. The molecule has 1 rings (SSSR count). The number of rotatable bonds is 8. The predicted molar refractivity (Wildman–Crippen MR) is 81.0 cm³/mol. The Morgan fingerprint density at radius 1 is 1.35 bits per heavy atom. The summed E-state index contributed by atoms with van der Waals surface area (Å²) in [7, 11) is 1.53. The van der Waals surface area contributed by atoms with E-state index in [1.54, 1.807) is 18.2 Å². The van der Waals surface area contributed by atoms with Crippen molar-refractivity contribution in [3.05, 3.63) is 23.8 Å². The second kappa shape index (κ2) is 8.46. The van der Waals surface area contributed by atoms with Gasteiger partial charge in [0.1, 0.15) is 5.75 Å². The molecule has 1 aromatic rings. The lowest BCUT2D eigenvalue weighted by Crippen LogP contribution is -2.14. The van der Waals surface area contributed by atoms with Crippen molar-refractivity contribution in [2.24, 2.45) is 5.92 Å². The molecule has 0 aliphatic heterocycles. The molecule has 4 heteroatoms. The van der Waals surface area contributed by atoms with Crippen molar-refractivity contribution >= 4 is 11.7 Å².